The van der Waals surface area contributed by atoms with Crippen molar-refractivity contribution in [3.8, 4) is 0 Å². The van der Waals surface area contributed by atoms with E-state index in [0.717, 1.165) is 122 Å². The highest BCUT2D eigenvalue weighted by Crippen LogP contribution is 2.14. The molecule has 0 aliphatic carbocycles. The minimum absolute atomic E-state index is 0.114. The molecule has 422 valence electrons. The molecule has 0 aliphatic heterocycles. The Balaban J connectivity index is 4.42. The van der Waals surface area contributed by atoms with E-state index in [0.29, 0.717) is 19.3 Å². The average molecular weight is 1040 g/mol. The number of unbranched alkanes of at least 4 members (excludes halogenated alkanes) is 18. The number of carbonyl (C=O) groups excluding carboxylic acids is 3. The van der Waals surface area contributed by atoms with Gasteiger partial charge in [-0.3, -0.25) is 14.4 Å². The first-order chi connectivity index (χ1) is 37.0. The average Bonchev–Trinajstić information content (AvgIpc) is 3.41. The van der Waals surface area contributed by atoms with E-state index < -0.39 is 12.1 Å². The molecule has 75 heavy (non-hydrogen) atoms. The zero-order chi connectivity index (χ0) is 54.3. The molecule has 0 radical (unpaired) electrons. The Hall–Kier alpha value is -4.71. The molecule has 0 saturated heterocycles. The molecule has 6 heteroatoms. The summed E-state index contributed by atoms with van der Waals surface area (Å²) in [7, 11) is 0. The van der Waals surface area contributed by atoms with Gasteiger partial charge in [-0.15, -0.1) is 0 Å². The first-order valence-corrected chi connectivity index (χ1v) is 30.3. The van der Waals surface area contributed by atoms with Gasteiger partial charge >= 0.3 is 17.9 Å². The molecule has 1 unspecified atom stereocenters. The van der Waals surface area contributed by atoms with Crippen LogP contribution in [0.1, 0.15) is 252 Å². The molecule has 0 aromatic rings. The van der Waals surface area contributed by atoms with Gasteiger partial charge in [-0.05, 0) is 109 Å². The Morgan fingerprint density at radius 3 is 0.867 bits per heavy atom. The summed E-state index contributed by atoms with van der Waals surface area (Å²) in [5.41, 5.74) is 0. The van der Waals surface area contributed by atoms with Crippen molar-refractivity contribution >= 4 is 17.9 Å². The number of ether oxygens (including phenoxy) is 3. The van der Waals surface area contributed by atoms with Crippen LogP contribution in [-0.2, 0) is 28.6 Å². The monoisotopic (exact) mass is 1030 g/mol. The first-order valence-electron chi connectivity index (χ1n) is 30.3. The van der Waals surface area contributed by atoms with Crippen molar-refractivity contribution in [1.82, 2.24) is 0 Å². The third-order valence-electron chi connectivity index (χ3n) is 12.4. The molecule has 0 amide bonds. The van der Waals surface area contributed by atoms with Gasteiger partial charge in [0.1, 0.15) is 13.2 Å². The summed E-state index contributed by atoms with van der Waals surface area (Å²) in [6, 6.07) is 0. The van der Waals surface area contributed by atoms with Crippen LogP contribution in [0, 0.1) is 0 Å². The van der Waals surface area contributed by atoms with E-state index >= 15 is 0 Å². The van der Waals surface area contributed by atoms with Crippen LogP contribution in [0.15, 0.2) is 146 Å². The van der Waals surface area contributed by atoms with Crippen molar-refractivity contribution in [3.63, 3.8) is 0 Å². The summed E-state index contributed by atoms with van der Waals surface area (Å²) in [5, 5.41) is 0. The van der Waals surface area contributed by atoms with Crippen LogP contribution >= 0.6 is 0 Å². The lowest BCUT2D eigenvalue weighted by molar-refractivity contribution is -0.166. The van der Waals surface area contributed by atoms with Crippen molar-refractivity contribution in [3.05, 3.63) is 146 Å². The maximum atomic E-state index is 12.8. The summed E-state index contributed by atoms with van der Waals surface area (Å²) in [4.78, 5) is 38.1. The molecule has 0 aromatic heterocycles. The Labute approximate surface area is 461 Å². The van der Waals surface area contributed by atoms with Gasteiger partial charge in [0.25, 0.3) is 0 Å². The molecule has 0 rings (SSSR count). The minimum Gasteiger partial charge on any atom is -0.462 e. The third kappa shape index (κ3) is 60.0. The van der Waals surface area contributed by atoms with E-state index in [2.05, 4.69) is 154 Å². The molecule has 1 atom stereocenters. The molecule has 0 spiro atoms. The van der Waals surface area contributed by atoms with Crippen LogP contribution in [0.4, 0.5) is 0 Å². The molecule has 0 heterocycles. The van der Waals surface area contributed by atoms with Crippen molar-refractivity contribution in [2.24, 2.45) is 0 Å². The molecule has 0 fully saturated rings. The molecule has 0 N–H and O–H groups in total. The second-order valence-electron chi connectivity index (χ2n) is 19.5. The van der Waals surface area contributed by atoms with Crippen molar-refractivity contribution in [2.45, 2.75) is 258 Å². The van der Waals surface area contributed by atoms with Gasteiger partial charge in [0.15, 0.2) is 6.10 Å². The van der Waals surface area contributed by atoms with Gasteiger partial charge in [0.2, 0.25) is 0 Å². The van der Waals surface area contributed by atoms with E-state index in [1.54, 1.807) is 0 Å². The smallest absolute Gasteiger partial charge is 0.306 e. The Kier molecular flexibility index (Phi) is 58.0. The summed E-state index contributed by atoms with van der Waals surface area (Å²) in [6.45, 7) is 6.33. The predicted octanol–water partition coefficient (Wildman–Crippen LogP) is 20.8. The Morgan fingerprint density at radius 1 is 0.280 bits per heavy atom. The Morgan fingerprint density at radius 2 is 0.547 bits per heavy atom. The number of hydrogen-bond acceptors (Lipinski definition) is 6. The number of carbonyl (C=O) groups is 3. The maximum Gasteiger partial charge on any atom is 0.306 e. The van der Waals surface area contributed by atoms with Gasteiger partial charge in [-0.25, -0.2) is 0 Å². The van der Waals surface area contributed by atoms with Crippen LogP contribution in [0.2, 0.25) is 0 Å². The summed E-state index contributed by atoms with van der Waals surface area (Å²) < 4.78 is 16.8. The fourth-order valence-electron chi connectivity index (χ4n) is 7.88. The predicted molar refractivity (Wildman–Crippen MR) is 325 cm³/mol. The zero-order valence-corrected chi connectivity index (χ0v) is 48.3. The van der Waals surface area contributed by atoms with Gasteiger partial charge in [0.05, 0.1) is 0 Å². The topological polar surface area (TPSA) is 78.9 Å². The molecule has 0 bridgehead atoms. The zero-order valence-electron chi connectivity index (χ0n) is 48.3. The lowest BCUT2D eigenvalue weighted by atomic mass is 10.1. The van der Waals surface area contributed by atoms with Crippen LogP contribution in [0.5, 0.6) is 0 Å². The highest BCUT2D eigenvalue weighted by atomic mass is 16.6. The van der Waals surface area contributed by atoms with E-state index in [9.17, 15) is 14.4 Å². The number of rotatable bonds is 53. The minimum atomic E-state index is -0.826. The van der Waals surface area contributed by atoms with Gasteiger partial charge in [-0.1, -0.05) is 269 Å². The number of esters is 3. The maximum absolute atomic E-state index is 12.8. The molecular formula is C69H110O6. The second-order valence-corrected chi connectivity index (χ2v) is 19.5. The van der Waals surface area contributed by atoms with E-state index in [1.165, 1.54) is 83.5 Å². The molecule has 6 nitrogen and oxygen atoms in total. The summed E-state index contributed by atoms with van der Waals surface area (Å²) in [6.07, 6.45) is 88.6. The van der Waals surface area contributed by atoms with Gasteiger partial charge in [0, 0.05) is 19.3 Å². The van der Waals surface area contributed by atoms with E-state index in [4.69, 9.17) is 14.2 Å². The third-order valence-corrected chi connectivity index (χ3v) is 12.4. The molecular weight excluding hydrogens is 925 g/mol. The molecule has 0 saturated carbocycles. The Bertz CT molecular complexity index is 1660. The van der Waals surface area contributed by atoms with E-state index in [1.807, 2.05) is 12.2 Å². The second kappa shape index (κ2) is 61.8. The molecule has 0 aromatic carbocycles. The lowest BCUT2D eigenvalue weighted by Crippen LogP contribution is -2.30. The van der Waals surface area contributed by atoms with Crippen LogP contribution in [0.25, 0.3) is 0 Å². The normalized spacial score (nSPS) is 13.2. The highest BCUT2D eigenvalue weighted by Gasteiger charge is 2.19. The standard InChI is InChI=1S/C69H110O6/c1-4-7-10-13-16-19-22-24-26-28-30-31-32-33-34-35-36-37-39-40-42-44-47-50-53-56-59-62-68(71)74-65-66(64-73-67(70)61-58-55-52-49-46-21-18-15-12-9-6-3)75-69(72)63-60-57-54-51-48-45-43-41-38-29-27-25-23-20-17-14-11-8-5-2/h7-8,10-11,16-17,19-20,24-27,30-31,33-34,36-38,41,45,48,54,57,66H,4-6,9,12-15,18,21-23,28-29,32,35,39-40,42-44,46-47,49-53,55-56,58-65H2,1-3H3/b10-7-,11-8-,19-16-,20-17-,26-24-,27-25-,31-30-,34-33-,37-36-,41-38-,48-45-,57-54-. The van der Waals surface area contributed by atoms with Crippen LogP contribution in [-0.4, -0.2) is 37.2 Å². The fraction of sp³-hybridized carbons (Fsp3) is 0.609. The van der Waals surface area contributed by atoms with Crippen molar-refractivity contribution in [1.29, 1.82) is 0 Å². The largest absolute Gasteiger partial charge is 0.462 e. The highest BCUT2D eigenvalue weighted by molar-refractivity contribution is 5.71. The van der Waals surface area contributed by atoms with Gasteiger partial charge < -0.3 is 14.2 Å². The van der Waals surface area contributed by atoms with Crippen LogP contribution in [0.3, 0.4) is 0 Å². The van der Waals surface area contributed by atoms with Crippen LogP contribution < -0.4 is 0 Å². The SMILES string of the molecule is CC/C=C\C/C=C\C/C=C\C/C=C\C/C=C\C/C=C\CCCCCCCCCCC(=O)OCC(COC(=O)CCCCCCCCCCCCC)OC(=O)CC/C=C\C/C=C\C/C=C\C/C=C\C/C=C\C/C=C\CC. The lowest BCUT2D eigenvalue weighted by Gasteiger charge is -2.18. The van der Waals surface area contributed by atoms with Gasteiger partial charge in [-0.2, -0.15) is 0 Å². The van der Waals surface area contributed by atoms with E-state index in [-0.39, 0.29) is 31.6 Å². The summed E-state index contributed by atoms with van der Waals surface area (Å²) in [5.74, 6) is -1.01. The quantitative estimate of drug-likeness (QED) is 0.0261. The number of hydrogen-bond donors (Lipinski definition) is 0. The summed E-state index contributed by atoms with van der Waals surface area (Å²) >= 11 is 0. The van der Waals surface area contributed by atoms with Crippen molar-refractivity contribution < 1.29 is 28.6 Å². The first kappa shape index (κ1) is 70.3. The van der Waals surface area contributed by atoms with Crippen molar-refractivity contribution in [2.75, 3.05) is 13.2 Å². The fourth-order valence-corrected chi connectivity index (χ4v) is 7.88. The molecule has 0 aliphatic rings. The number of allylic oxidation sites excluding steroid dienone is 24.